The summed E-state index contributed by atoms with van der Waals surface area (Å²) in [4.78, 5) is 25.6. The van der Waals surface area contributed by atoms with Gasteiger partial charge in [-0.25, -0.2) is 9.48 Å². The molecule has 3 aromatic rings. The molecular formula is C31H42N4O5. The number of carbonyl (C=O) groups is 2. The first-order valence-corrected chi connectivity index (χ1v) is 13.9. The van der Waals surface area contributed by atoms with Gasteiger partial charge < -0.3 is 25.6 Å². The SMILES string of the molecule is CCOC(=O)[C@H](O)C[C@@H](Cc1ccc(-c2ccccc2)cc1)NC(=O)c1cc(CC)nn1COC[C@@H](N)C(C)C. The average molecular weight is 551 g/mol. The number of aryl methyl sites for hydroxylation is 1. The molecule has 1 heterocycles. The highest BCUT2D eigenvalue weighted by Crippen LogP contribution is 2.20. The molecule has 4 N–H and O–H groups in total. The first kappa shape index (κ1) is 31.0. The summed E-state index contributed by atoms with van der Waals surface area (Å²) in [6.07, 6.45) is -0.311. The van der Waals surface area contributed by atoms with Crippen LogP contribution in [0.3, 0.4) is 0 Å². The second-order valence-electron chi connectivity index (χ2n) is 10.2. The molecule has 3 rings (SSSR count). The van der Waals surface area contributed by atoms with E-state index in [0.29, 0.717) is 25.1 Å². The third-order valence-corrected chi connectivity index (χ3v) is 6.75. The van der Waals surface area contributed by atoms with E-state index in [4.69, 9.17) is 15.2 Å². The van der Waals surface area contributed by atoms with Gasteiger partial charge in [0, 0.05) is 18.5 Å². The molecule has 9 nitrogen and oxygen atoms in total. The van der Waals surface area contributed by atoms with E-state index in [-0.39, 0.29) is 37.6 Å². The minimum atomic E-state index is -1.37. The molecule has 0 aliphatic heterocycles. The van der Waals surface area contributed by atoms with Crippen LogP contribution in [0.4, 0.5) is 0 Å². The summed E-state index contributed by atoms with van der Waals surface area (Å²) in [5, 5.41) is 18.0. The largest absolute Gasteiger partial charge is 0.464 e. The fourth-order valence-electron chi connectivity index (χ4n) is 4.20. The molecule has 0 saturated heterocycles. The predicted molar refractivity (Wildman–Crippen MR) is 154 cm³/mol. The minimum absolute atomic E-state index is 0.000472. The summed E-state index contributed by atoms with van der Waals surface area (Å²) in [7, 11) is 0. The summed E-state index contributed by atoms with van der Waals surface area (Å²) < 4.78 is 12.3. The third-order valence-electron chi connectivity index (χ3n) is 6.75. The minimum Gasteiger partial charge on any atom is -0.464 e. The molecule has 0 aliphatic rings. The Kier molecular flexibility index (Phi) is 11.9. The molecule has 0 bridgehead atoms. The molecule has 0 unspecified atom stereocenters. The van der Waals surface area contributed by atoms with Crippen LogP contribution in [0.5, 0.6) is 0 Å². The summed E-state index contributed by atoms with van der Waals surface area (Å²) >= 11 is 0. The lowest BCUT2D eigenvalue weighted by atomic mass is 9.97. The number of carbonyl (C=O) groups excluding carboxylic acids is 2. The van der Waals surface area contributed by atoms with Crippen LogP contribution in [0.25, 0.3) is 11.1 Å². The highest BCUT2D eigenvalue weighted by Gasteiger charge is 2.25. The van der Waals surface area contributed by atoms with Gasteiger partial charge in [0.15, 0.2) is 6.10 Å². The Bertz CT molecular complexity index is 1210. The molecule has 0 radical (unpaired) electrons. The number of benzene rings is 2. The van der Waals surface area contributed by atoms with Gasteiger partial charge in [0.2, 0.25) is 0 Å². The number of ether oxygens (including phenoxy) is 2. The Morgan fingerprint density at radius 2 is 1.73 bits per heavy atom. The van der Waals surface area contributed by atoms with E-state index in [1.165, 1.54) is 4.68 Å². The first-order chi connectivity index (χ1) is 19.2. The molecule has 0 saturated carbocycles. The van der Waals surface area contributed by atoms with E-state index in [1.807, 2.05) is 75.4 Å². The first-order valence-electron chi connectivity index (χ1n) is 13.9. The average Bonchev–Trinajstić information content (AvgIpc) is 3.37. The smallest absolute Gasteiger partial charge is 0.335 e. The maximum Gasteiger partial charge on any atom is 0.335 e. The van der Waals surface area contributed by atoms with E-state index < -0.39 is 18.1 Å². The van der Waals surface area contributed by atoms with Gasteiger partial charge in [-0.2, -0.15) is 5.10 Å². The van der Waals surface area contributed by atoms with Gasteiger partial charge in [-0.3, -0.25) is 4.79 Å². The molecule has 0 fully saturated rings. The van der Waals surface area contributed by atoms with Gasteiger partial charge in [-0.1, -0.05) is 75.4 Å². The maximum atomic E-state index is 13.5. The lowest BCUT2D eigenvalue weighted by Crippen LogP contribution is -2.41. The Morgan fingerprint density at radius 1 is 1.05 bits per heavy atom. The van der Waals surface area contributed by atoms with Crippen LogP contribution >= 0.6 is 0 Å². The lowest BCUT2D eigenvalue weighted by molar-refractivity contribution is -0.153. The van der Waals surface area contributed by atoms with Crippen LogP contribution < -0.4 is 11.1 Å². The van der Waals surface area contributed by atoms with Crippen molar-refractivity contribution in [1.82, 2.24) is 15.1 Å². The third kappa shape index (κ3) is 9.01. The van der Waals surface area contributed by atoms with Crippen molar-refractivity contribution in [2.45, 2.75) is 71.9 Å². The Morgan fingerprint density at radius 3 is 2.35 bits per heavy atom. The van der Waals surface area contributed by atoms with Crippen molar-refractivity contribution in [3.8, 4) is 11.1 Å². The molecule has 2 aromatic carbocycles. The molecule has 0 aliphatic carbocycles. The van der Waals surface area contributed by atoms with Crippen LogP contribution in [0, 0.1) is 5.92 Å². The van der Waals surface area contributed by atoms with Gasteiger partial charge in [-0.15, -0.1) is 0 Å². The summed E-state index contributed by atoms with van der Waals surface area (Å²) in [6.45, 7) is 8.27. The van der Waals surface area contributed by atoms with Crippen molar-refractivity contribution in [1.29, 1.82) is 0 Å². The van der Waals surface area contributed by atoms with Crippen LogP contribution in [0.15, 0.2) is 60.7 Å². The van der Waals surface area contributed by atoms with Crippen molar-refractivity contribution < 1.29 is 24.2 Å². The fourth-order valence-corrected chi connectivity index (χ4v) is 4.20. The lowest BCUT2D eigenvalue weighted by Gasteiger charge is -2.22. The number of nitrogens with zero attached hydrogens (tertiary/aromatic N) is 2. The standard InChI is InChI=1S/C31H42N4O5/c1-5-25-17-28(35(34-25)20-39-19-27(32)21(3)4)30(37)33-26(18-29(36)31(38)40-6-2)16-22-12-14-24(15-13-22)23-10-8-7-9-11-23/h7-15,17,21,26-27,29,36H,5-6,16,18-20,32H2,1-4H3,(H,33,37)/t26-,27-,29-/m1/s1. The highest BCUT2D eigenvalue weighted by atomic mass is 16.5. The van der Waals surface area contributed by atoms with E-state index in [2.05, 4.69) is 10.4 Å². The van der Waals surface area contributed by atoms with E-state index >= 15 is 0 Å². The molecule has 40 heavy (non-hydrogen) atoms. The Hall–Kier alpha value is -3.53. The zero-order chi connectivity index (χ0) is 29.1. The second kappa shape index (κ2) is 15.3. The molecule has 0 spiro atoms. The number of nitrogens with two attached hydrogens (primary N) is 1. The molecule has 9 heteroatoms. The number of hydrogen-bond acceptors (Lipinski definition) is 7. The van der Waals surface area contributed by atoms with Gasteiger partial charge in [-0.05, 0) is 48.4 Å². The zero-order valence-corrected chi connectivity index (χ0v) is 23.9. The molecule has 1 aromatic heterocycles. The van der Waals surface area contributed by atoms with Crippen molar-refractivity contribution in [3.05, 3.63) is 77.6 Å². The topological polar surface area (TPSA) is 129 Å². The van der Waals surface area contributed by atoms with E-state index in [0.717, 1.165) is 22.4 Å². The van der Waals surface area contributed by atoms with Gasteiger partial charge >= 0.3 is 5.97 Å². The number of esters is 1. The zero-order valence-electron chi connectivity index (χ0n) is 23.9. The van der Waals surface area contributed by atoms with Crippen molar-refractivity contribution in [2.75, 3.05) is 13.2 Å². The van der Waals surface area contributed by atoms with Gasteiger partial charge in [0.1, 0.15) is 12.4 Å². The normalized spacial score (nSPS) is 13.6. The summed E-state index contributed by atoms with van der Waals surface area (Å²) in [6, 6.07) is 19.1. The number of hydrogen-bond donors (Lipinski definition) is 3. The van der Waals surface area contributed by atoms with Crippen LogP contribution in [0.2, 0.25) is 0 Å². The molecule has 216 valence electrons. The van der Waals surface area contributed by atoms with Crippen LogP contribution in [0.1, 0.15) is 55.9 Å². The number of nitrogens with one attached hydrogen (secondary N) is 1. The Balaban J connectivity index is 1.77. The maximum absolute atomic E-state index is 13.5. The summed E-state index contributed by atoms with van der Waals surface area (Å²) in [5.41, 5.74) is 10.3. The van der Waals surface area contributed by atoms with Crippen LogP contribution in [-0.4, -0.2) is 58.2 Å². The molecule has 3 atom stereocenters. The monoisotopic (exact) mass is 550 g/mol. The van der Waals surface area contributed by atoms with Gasteiger partial charge in [0.05, 0.1) is 18.9 Å². The van der Waals surface area contributed by atoms with Crippen molar-refractivity contribution >= 4 is 11.9 Å². The van der Waals surface area contributed by atoms with E-state index in [9.17, 15) is 14.7 Å². The number of rotatable bonds is 15. The van der Waals surface area contributed by atoms with Crippen LogP contribution in [-0.2, 0) is 33.8 Å². The molecular weight excluding hydrogens is 508 g/mol. The highest BCUT2D eigenvalue weighted by molar-refractivity contribution is 5.93. The second-order valence-corrected chi connectivity index (χ2v) is 10.2. The predicted octanol–water partition coefficient (Wildman–Crippen LogP) is 3.73. The van der Waals surface area contributed by atoms with Crippen molar-refractivity contribution in [3.63, 3.8) is 0 Å². The van der Waals surface area contributed by atoms with Gasteiger partial charge in [0.25, 0.3) is 5.91 Å². The molecule has 1 amide bonds. The number of aliphatic hydroxyl groups is 1. The number of aromatic nitrogens is 2. The summed E-state index contributed by atoms with van der Waals surface area (Å²) in [5.74, 6) is -0.819. The number of amides is 1. The quantitative estimate of drug-likeness (QED) is 0.246. The Labute approximate surface area is 236 Å². The number of aliphatic hydroxyl groups excluding tert-OH is 1. The van der Waals surface area contributed by atoms with E-state index in [1.54, 1.807) is 13.0 Å². The van der Waals surface area contributed by atoms with Crippen molar-refractivity contribution in [2.24, 2.45) is 11.7 Å². The fraction of sp³-hybridized carbons (Fsp3) is 0.452.